The van der Waals surface area contributed by atoms with Crippen LogP contribution in [-0.2, 0) is 10.2 Å². The van der Waals surface area contributed by atoms with Gasteiger partial charge in [0.2, 0.25) is 5.91 Å². The molecule has 8 heteroatoms. The van der Waals surface area contributed by atoms with Crippen LogP contribution in [0.15, 0.2) is 23.4 Å². The second kappa shape index (κ2) is 9.12. The fraction of sp³-hybridized carbons (Fsp3) is 0.636. The number of hydrogen-bond donors (Lipinski definition) is 2. The molecule has 4 rings (SSSR count). The minimum absolute atomic E-state index is 0. The number of ether oxygens (including phenoxy) is 1. The van der Waals surface area contributed by atoms with E-state index in [9.17, 15) is 10.0 Å². The van der Waals surface area contributed by atoms with Crippen LogP contribution in [0.4, 0.5) is 0 Å². The number of fused-ring (bicyclic) bond motifs is 3. The van der Waals surface area contributed by atoms with E-state index in [2.05, 4.69) is 47.2 Å². The highest BCUT2D eigenvalue weighted by Gasteiger charge is 2.53. The molecule has 3 atom stereocenters. The van der Waals surface area contributed by atoms with Gasteiger partial charge in [-0.2, -0.15) is 0 Å². The van der Waals surface area contributed by atoms with Crippen LogP contribution in [0.1, 0.15) is 37.3 Å². The number of oxime groups is 1. The van der Waals surface area contributed by atoms with Crippen LogP contribution in [0.2, 0.25) is 0 Å². The Morgan fingerprint density at radius 1 is 1.33 bits per heavy atom. The van der Waals surface area contributed by atoms with E-state index in [1.54, 1.807) is 0 Å². The first-order chi connectivity index (χ1) is 13.9. The summed E-state index contributed by atoms with van der Waals surface area (Å²) in [7, 11) is 2.13. The molecule has 0 aromatic heterocycles. The van der Waals surface area contributed by atoms with Crippen molar-refractivity contribution in [1.29, 1.82) is 0 Å². The van der Waals surface area contributed by atoms with Gasteiger partial charge in [-0.05, 0) is 32.9 Å². The molecule has 30 heavy (non-hydrogen) atoms. The van der Waals surface area contributed by atoms with Crippen molar-refractivity contribution in [3.63, 3.8) is 0 Å². The maximum absolute atomic E-state index is 12.8. The van der Waals surface area contributed by atoms with Crippen molar-refractivity contribution < 1.29 is 14.7 Å². The van der Waals surface area contributed by atoms with Crippen molar-refractivity contribution in [2.24, 2.45) is 5.16 Å². The topological polar surface area (TPSA) is 77.4 Å². The number of nitrogens with zero attached hydrogens (tertiary/aromatic N) is 3. The summed E-state index contributed by atoms with van der Waals surface area (Å²) in [6.07, 6.45) is 1.66. The number of rotatable bonds is 4. The second-order valence-corrected chi connectivity index (χ2v) is 8.99. The van der Waals surface area contributed by atoms with E-state index in [4.69, 9.17) is 4.74 Å². The lowest BCUT2D eigenvalue weighted by atomic mass is 9.67. The molecular weight excluding hydrogens is 404 g/mol. The Morgan fingerprint density at radius 2 is 2.07 bits per heavy atom. The lowest BCUT2D eigenvalue weighted by Crippen LogP contribution is -2.59. The fourth-order valence-electron chi connectivity index (χ4n) is 4.89. The zero-order valence-electron chi connectivity index (χ0n) is 18.1. The monoisotopic (exact) mass is 436 g/mol. The molecule has 2 aliphatic heterocycles. The molecule has 1 saturated carbocycles. The van der Waals surface area contributed by atoms with Crippen molar-refractivity contribution >= 4 is 24.0 Å². The lowest BCUT2D eigenvalue weighted by Gasteiger charge is -2.41. The highest BCUT2D eigenvalue weighted by atomic mass is 35.5. The summed E-state index contributed by atoms with van der Waals surface area (Å²) < 4.78 is 6.30. The molecule has 3 aliphatic rings. The SMILES string of the molecule is Cc1ccc2c(c1)[C@]1(C)CC/C(=N\O)[C@H](NC(=O)CCN3CCN(C)CC3)[C@@H]1O2.Cl. The molecule has 0 bridgehead atoms. The van der Waals surface area contributed by atoms with Gasteiger partial charge in [0.05, 0.1) is 5.71 Å². The van der Waals surface area contributed by atoms with E-state index in [0.717, 1.165) is 44.9 Å². The molecule has 2 heterocycles. The first kappa shape index (κ1) is 22.8. The van der Waals surface area contributed by atoms with Gasteiger partial charge < -0.3 is 25.1 Å². The van der Waals surface area contributed by atoms with Gasteiger partial charge in [0.1, 0.15) is 17.9 Å². The van der Waals surface area contributed by atoms with Crippen molar-refractivity contribution in [3.05, 3.63) is 29.3 Å². The summed E-state index contributed by atoms with van der Waals surface area (Å²) in [6.45, 7) is 9.10. The van der Waals surface area contributed by atoms with E-state index < -0.39 is 6.04 Å². The molecule has 1 aliphatic carbocycles. The average molecular weight is 437 g/mol. The van der Waals surface area contributed by atoms with Gasteiger partial charge in [0.15, 0.2) is 0 Å². The first-order valence-corrected chi connectivity index (χ1v) is 10.6. The third-order valence-electron chi connectivity index (χ3n) is 6.89. The van der Waals surface area contributed by atoms with Gasteiger partial charge >= 0.3 is 0 Å². The standard InChI is InChI=1S/C22H32N4O3.ClH/c1-15-4-5-18-16(14-15)22(2)8-6-17(24-28)20(21(22)29-18)23-19(27)7-9-26-12-10-25(3)11-13-26;/h4-5,14,20-21,28H,6-13H2,1-3H3,(H,23,27);1H/b24-17+;/t20-,21-,22-;/m0./s1. The number of aryl methyl sites for hydroxylation is 1. The quantitative estimate of drug-likeness (QED) is 0.558. The van der Waals surface area contributed by atoms with Crippen molar-refractivity contribution in [3.8, 4) is 5.75 Å². The Hall–Kier alpha value is -1.83. The third kappa shape index (κ3) is 4.29. The van der Waals surface area contributed by atoms with Gasteiger partial charge in [-0.25, -0.2) is 0 Å². The number of carbonyl (C=O) groups excluding carboxylic acids is 1. The van der Waals surface area contributed by atoms with Crippen molar-refractivity contribution in [2.75, 3.05) is 39.8 Å². The summed E-state index contributed by atoms with van der Waals surface area (Å²) in [5, 5.41) is 16.2. The molecule has 1 aromatic rings. The molecule has 1 aromatic carbocycles. The zero-order valence-corrected chi connectivity index (χ0v) is 18.9. The largest absolute Gasteiger partial charge is 0.487 e. The van der Waals surface area contributed by atoms with Crippen LogP contribution in [0.25, 0.3) is 0 Å². The molecule has 0 radical (unpaired) electrons. The molecule has 0 unspecified atom stereocenters. The number of amides is 1. The van der Waals surface area contributed by atoms with E-state index >= 15 is 0 Å². The van der Waals surface area contributed by atoms with Crippen molar-refractivity contribution in [2.45, 2.75) is 50.7 Å². The van der Waals surface area contributed by atoms with Crippen LogP contribution in [-0.4, -0.2) is 78.5 Å². The van der Waals surface area contributed by atoms with Gasteiger partial charge in [-0.15, -0.1) is 12.4 Å². The summed E-state index contributed by atoms with van der Waals surface area (Å²) >= 11 is 0. The van der Waals surface area contributed by atoms with Gasteiger partial charge in [0.25, 0.3) is 0 Å². The molecule has 2 fully saturated rings. The first-order valence-electron chi connectivity index (χ1n) is 10.6. The molecule has 2 N–H and O–H groups in total. The smallest absolute Gasteiger partial charge is 0.221 e. The average Bonchev–Trinajstić information content (AvgIpc) is 3.00. The van der Waals surface area contributed by atoms with Crippen LogP contribution in [0.3, 0.4) is 0 Å². The predicted octanol–water partition coefficient (Wildman–Crippen LogP) is 2.18. The fourth-order valence-corrected chi connectivity index (χ4v) is 4.89. The van der Waals surface area contributed by atoms with Crippen LogP contribution >= 0.6 is 12.4 Å². The Labute approximate surface area is 184 Å². The molecule has 7 nitrogen and oxygen atoms in total. The number of nitrogens with one attached hydrogen (secondary N) is 1. The normalized spacial score (nSPS) is 30.2. The van der Waals surface area contributed by atoms with Gasteiger partial charge in [-0.1, -0.05) is 29.8 Å². The molecular formula is C22H33ClN4O3. The van der Waals surface area contributed by atoms with Crippen LogP contribution < -0.4 is 10.1 Å². The Kier molecular flexibility index (Phi) is 6.95. The highest BCUT2D eigenvalue weighted by Crippen LogP contribution is 2.49. The van der Waals surface area contributed by atoms with Gasteiger partial charge in [-0.3, -0.25) is 4.79 Å². The van der Waals surface area contributed by atoms with Crippen LogP contribution in [0.5, 0.6) is 5.75 Å². The number of carbonyl (C=O) groups is 1. The zero-order chi connectivity index (χ0) is 20.6. The minimum Gasteiger partial charge on any atom is -0.487 e. The molecule has 0 spiro atoms. The van der Waals surface area contributed by atoms with E-state index in [-0.39, 0.29) is 29.8 Å². The van der Waals surface area contributed by atoms with Gasteiger partial charge in [0, 0.05) is 50.1 Å². The highest BCUT2D eigenvalue weighted by molar-refractivity contribution is 5.95. The number of benzene rings is 1. The summed E-state index contributed by atoms with van der Waals surface area (Å²) in [5.74, 6) is 0.856. The number of hydrogen-bond acceptors (Lipinski definition) is 6. The van der Waals surface area contributed by atoms with Crippen LogP contribution in [0, 0.1) is 6.92 Å². The Morgan fingerprint density at radius 3 is 2.77 bits per heavy atom. The summed E-state index contributed by atoms with van der Waals surface area (Å²) in [4.78, 5) is 17.4. The van der Waals surface area contributed by atoms with E-state index in [1.807, 2.05) is 12.1 Å². The number of likely N-dealkylation sites (N-methyl/N-ethyl adjacent to an activating group) is 1. The maximum atomic E-state index is 12.8. The Balaban J connectivity index is 0.00000256. The van der Waals surface area contributed by atoms with E-state index in [1.165, 1.54) is 11.1 Å². The predicted molar refractivity (Wildman–Crippen MR) is 119 cm³/mol. The van der Waals surface area contributed by atoms with E-state index in [0.29, 0.717) is 18.6 Å². The second-order valence-electron chi connectivity index (χ2n) is 8.99. The lowest BCUT2D eigenvalue weighted by molar-refractivity contribution is -0.122. The molecule has 1 amide bonds. The summed E-state index contributed by atoms with van der Waals surface area (Å²) in [5.41, 5.74) is 2.79. The maximum Gasteiger partial charge on any atom is 0.221 e. The van der Waals surface area contributed by atoms with Crippen molar-refractivity contribution in [1.82, 2.24) is 15.1 Å². The molecule has 1 saturated heterocycles. The number of piperazine rings is 1. The summed E-state index contributed by atoms with van der Waals surface area (Å²) in [6, 6.07) is 5.83. The number of halogens is 1. The Bertz CT molecular complexity index is 810. The molecule has 166 valence electrons. The third-order valence-corrected chi connectivity index (χ3v) is 6.89. The minimum atomic E-state index is -0.411.